The normalized spacial score (nSPS) is 11.0. The first kappa shape index (κ1) is 20.5. The van der Waals surface area contributed by atoms with Crippen LogP contribution in [0.1, 0.15) is 15.9 Å². The molecule has 0 saturated carbocycles. The van der Waals surface area contributed by atoms with E-state index in [9.17, 15) is 9.90 Å². The third-order valence-corrected chi connectivity index (χ3v) is 5.17. The number of halogens is 1. The Bertz CT molecular complexity index is 1290. The van der Waals surface area contributed by atoms with E-state index in [4.69, 9.17) is 4.74 Å². The summed E-state index contributed by atoms with van der Waals surface area (Å²) in [6, 6.07) is 16.1. The van der Waals surface area contributed by atoms with Gasteiger partial charge in [-0.15, -0.1) is 0 Å². The van der Waals surface area contributed by atoms with Crippen molar-refractivity contribution in [1.29, 1.82) is 0 Å². The number of phenols is 1. The van der Waals surface area contributed by atoms with E-state index >= 15 is 0 Å². The highest BCUT2D eigenvalue weighted by Gasteiger charge is 2.14. The second-order valence-electron chi connectivity index (χ2n) is 6.57. The molecule has 0 fully saturated rings. The molecule has 0 aliphatic rings. The Morgan fingerprint density at radius 2 is 2.03 bits per heavy atom. The number of pyridine rings is 2. The molecular formula is C23H17BrN4O3. The number of aromatic nitrogens is 2. The van der Waals surface area contributed by atoms with Gasteiger partial charge in [0, 0.05) is 23.3 Å². The smallest absolute Gasteiger partial charge is 0.272 e. The fraction of sp³-hybridized carbons (Fsp3) is 0.0435. The van der Waals surface area contributed by atoms with Crippen LogP contribution in [0.2, 0.25) is 0 Å². The van der Waals surface area contributed by atoms with Crippen molar-refractivity contribution in [3.05, 3.63) is 82.6 Å². The summed E-state index contributed by atoms with van der Waals surface area (Å²) < 4.78 is 5.58. The first-order chi connectivity index (χ1) is 15.1. The summed E-state index contributed by atoms with van der Waals surface area (Å²) in [5.41, 5.74) is 5.80. The number of nitrogens with zero attached hydrogens (tertiary/aromatic N) is 3. The minimum absolute atomic E-state index is 0.00475. The van der Waals surface area contributed by atoms with Gasteiger partial charge in [0.2, 0.25) is 0 Å². The molecule has 2 aromatic carbocycles. The lowest BCUT2D eigenvalue weighted by Crippen LogP contribution is -2.18. The number of phenolic OH excluding ortho intramolecular Hbond substituents is 1. The van der Waals surface area contributed by atoms with E-state index in [0.29, 0.717) is 32.6 Å². The topological polar surface area (TPSA) is 96.7 Å². The molecular weight excluding hydrogens is 460 g/mol. The standard InChI is InChI=1S/C23H17BrN4O3/c1-31-21-10-14(9-18(24)22(21)29)12-26-28-23(30)17-11-20(15-5-4-8-25-13-15)27-19-7-3-2-6-16(17)19/h2-13,29H,1H3,(H,28,30). The Hall–Kier alpha value is -3.78. The summed E-state index contributed by atoms with van der Waals surface area (Å²) in [7, 11) is 1.46. The molecule has 0 unspecified atom stereocenters. The van der Waals surface area contributed by atoms with Gasteiger partial charge in [-0.05, 0) is 57.9 Å². The third-order valence-electron chi connectivity index (χ3n) is 4.57. The molecule has 4 rings (SSSR count). The van der Waals surface area contributed by atoms with Gasteiger partial charge >= 0.3 is 0 Å². The molecule has 0 bridgehead atoms. The maximum Gasteiger partial charge on any atom is 0.272 e. The van der Waals surface area contributed by atoms with Gasteiger partial charge < -0.3 is 9.84 Å². The number of hydrazone groups is 1. The van der Waals surface area contributed by atoms with Crippen LogP contribution in [-0.4, -0.2) is 34.3 Å². The minimum Gasteiger partial charge on any atom is -0.503 e. The molecule has 31 heavy (non-hydrogen) atoms. The quantitative estimate of drug-likeness (QED) is 0.325. The molecule has 2 N–H and O–H groups in total. The summed E-state index contributed by atoms with van der Waals surface area (Å²) in [6.45, 7) is 0. The number of carbonyl (C=O) groups excluding carboxylic acids is 1. The van der Waals surface area contributed by atoms with E-state index < -0.39 is 0 Å². The van der Waals surface area contributed by atoms with Gasteiger partial charge in [0.15, 0.2) is 11.5 Å². The highest BCUT2D eigenvalue weighted by molar-refractivity contribution is 9.10. The van der Waals surface area contributed by atoms with Crippen molar-refractivity contribution in [3.63, 3.8) is 0 Å². The fourth-order valence-electron chi connectivity index (χ4n) is 3.08. The molecule has 0 saturated heterocycles. The number of para-hydroxylation sites is 1. The lowest BCUT2D eigenvalue weighted by molar-refractivity contribution is 0.0956. The van der Waals surface area contributed by atoms with Gasteiger partial charge in [-0.25, -0.2) is 10.4 Å². The van der Waals surface area contributed by atoms with Crippen LogP contribution in [0.5, 0.6) is 11.5 Å². The van der Waals surface area contributed by atoms with Crippen molar-refractivity contribution in [2.45, 2.75) is 0 Å². The number of aromatic hydroxyl groups is 1. The Morgan fingerprint density at radius 3 is 2.81 bits per heavy atom. The molecule has 2 heterocycles. The zero-order valence-electron chi connectivity index (χ0n) is 16.4. The molecule has 4 aromatic rings. The average Bonchev–Trinajstić information content (AvgIpc) is 2.81. The van der Waals surface area contributed by atoms with Crippen molar-refractivity contribution >= 4 is 39.0 Å². The number of nitrogens with one attached hydrogen (secondary N) is 1. The predicted octanol–water partition coefficient (Wildman–Crippen LogP) is 4.54. The Labute approximate surface area is 186 Å². The average molecular weight is 477 g/mol. The van der Waals surface area contributed by atoms with Crippen molar-refractivity contribution in [2.75, 3.05) is 7.11 Å². The maximum absolute atomic E-state index is 12.9. The monoisotopic (exact) mass is 476 g/mol. The van der Waals surface area contributed by atoms with Crippen LogP contribution in [0, 0.1) is 0 Å². The highest BCUT2D eigenvalue weighted by Crippen LogP contribution is 2.34. The lowest BCUT2D eigenvalue weighted by Gasteiger charge is -2.09. The van der Waals surface area contributed by atoms with E-state index in [2.05, 4.69) is 36.4 Å². The van der Waals surface area contributed by atoms with E-state index in [0.717, 1.165) is 10.9 Å². The number of amides is 1. The number of ether oxygens (including phenoxy) is 1. The van der Waals surface area contributed by atoms with E-state index in [-0.39, 0.29) is 11.7 Å². The first-order valence-corrected chi connectivity index (χ1v) is 10.1. The molecule has 0 spiro atoms. The minimum atomic E-state index is -0.371. The van der Waals surface area contributed by atoms with E-state index in [1.54, 1.807) is 30.6 Å². The number of hydrogen-bond donors (Lipinski definition) is 2. The Kier molecular flexibility index (Phi) is 5.90. The van der Waals surface area contributed by atoms with Crippen LogP contribution in [0.15, 0.2) is 76.6 Å². The number of hydrogen-bond acceptors (Lipinski definition) is 6. The van der Waals surface area contributed by atoms with Gasteiger partial charge in [0.25, 0.3) is 5.91 Å². The van der Waals surface area contributed by atoms with Crippen LogP contribution in [-0.2, 0) is 0 Å². The number of fused-ring (bicyclic) bond motifs is 1. The van der Waals surface area contributed by atoms with Crippen LogP contribution in [0.25, 0.3) is 22.2 Å². The molecule has 0 aliphatic heterocycles. The largest absolute Gasteiger partial charge is 0.503 e. The molecule has 154 valence electrons. The zero-order valence-corrected chi connectivity index (χ0v) is 18.0. The predicted molar refractivity (Wildman–Crippen MR) is 122 cm³/mol. The number of rotatable bonds is 5. The fourth-order valence-corrected chi connectivity index (χ4v) is 3.53. The molecule has 0 radical (unpaired) electrons. The summed E-state index contributed by atoms with van der Waals surface area (Å²) in [4.78, 5) is 21.7. The molecule has 2 aromatic heterocycles. The van der Waals surface area contributed by atoms with Crippen molar-refractivity contribution in [2.24, 2.45) is 5.10 Å². The van der Waals surface area contributed by atoms with E-state index in [1.807, 2.05) is 36.4 Å². The van der Waals surface area contributed by atoms with Gasteiger partial charge in [-0.2, -0.15) is 5.10 Å². The SMILES string of the molecule is COc1cc(C=NNC(=O)c2cc(-c3cccnc3)nc3ccccc23)cc(Br)c1O. The lowest BCUT2D eigenvalue weighted by atomic mass is 10.0. The Balaban J connectivity index is 1.65. The number of methoxy groups -OCH3 is 1. The van der Waals surface area contributed by atoms with Gasteiger partial charge in [-0.1, -0.05) is 18.2 Å². The van der Waals surface area contributed by atoms with Crippen LogP contribution in [0.3, 0.4) is 0 Å². The highest BCUT2D eigenvalue weighted by atomic mass is 79.9. The van der Waals surface area contributed by atoms with Crippen LogP contribution < -0.4 is 10.2 Å². The summed E-state index contributed by atoms with van der Waals surface area (Å²) in [6.07, 6.45) is 4.85. The first-order valence-electron chi connectivity index (χ1n) is 9.27. The summed E-state index contributed by atoms with van der Waals surface area (Å²) in [5.74, 6) is -0.0805. The maximum atomic E-state index is 12.9. The van der Waals surface area contributed by atoms with Crippen molar-refractivity contribution < 1.29 is 14.6 Å². The summed E-state index contributed by atoms with van der Waals surface area (Å²) in [5, 5.41) is 14.7. The third kappa shape index (κ3) is 4.39. The van der Waals surface area contributed by atoms with Crippen molar-refractivity contribution in [3.8, 4) is 22.8 Å². The molecule has 7 nitrogen and oxygen atoms in total. The van der Waals surface area contributed by atoms with E-state index in [1.165, 1.54) is 13.3 Å². The van der Waals surface area contributed by atoms with Gasteiger partial charge in [-0.3, -0.25) is 9.78 Å². The second-order valence-corrected chi connectivity index (χ2v) is 7.42. The van der Waals surface area contributed by atoms with Crippen LogP contribution in [0.4, 0.5) is 0 Å². The zero-order chi connectivity index (χ0) is 21.8. The number of carbonyl (C=O) groups is 1. The van der Waals surface area contributed by atoms with Gasteiger partial charge in [0.1, 0.15) is 0 Å². The Morgan fingerprint density at radius 1 is 1.19 bits per heavy atom. The van der Waals surface area contributed by atoms with Crippen molar-refractivity contribution in [1.82, 2.24) is 15.4 Å². The molecule has 8 heteroatoms. The second kappa shape index (κ2) is 8.93. The number of benzene rings is 2. The molecule has 1 amide bonds. The van der Waals surface area contributed by atoms with Crippen LogP contribution >= 0.6 is 15.9 Å². The molecule has 0 atom stereocenters. The van der Waals surface area contributed by atoms with Gasteiger partial charge in [0.05, 0.1) is 34.6 Å². The summed E-state index contributed by atoms with van der Waals surface area (Å²) >= 11 is 3.26. The molecule has 0 aliphatic carbocycles.